The highest BCUT2D eigenvalue weighted by Crippen LogP contribution is 2.09. The highest BCUT2D eigenvalue weighted by molar-refractivity contribution is 5.59. The van der Waals surface area contributed by atoms with Gasteiger partial charge in [-0.05, 0) is 0 Å². The minimum Gasteiger partial charge on any atom is -0.367 e. The van der Waals surface area contributed by atoms with Gasteiger partial charge in [0.2, 0.25) is 0 Å². The van der Waals surface area contributed by atoms with Crippen LogP contribution in [0.15, 0.2) is 35.6 Å². The van der Waals surface area contributed by atoms with E-state index in [0.717, 1.165) is 5.56 Å². The molecule has 2 aromatic rings. The molecule has 0 radical (unpaired) electrons. The molecule has 0 spiro atoms. The molecule has 0 aliphatic heterocycles. The van der Waals surface area contributed by atoms with Crippen LogP contribution in [0.5, 0.6) is 0 Å². The first-order valence-corrected chi connectivity index (χ1v) is 3.54. The number of aromatic nitrogens is 3. The Labute approximate surface area is 68.3 Å². The maximum atomic E-state index is 11.3. The molecule has 0 bridgehead atoms. The number of hydrogen-bond donors (Lipinski definition) is 2. The molecule has 0 amide bonds. The highest BCUT2D eigenvalue weighted by atomic mass is 16.1. The van der Waals surface area contributed by atoms with Crippen LogP contribution in [0.25, 0.3) is 11.1 Å². The molecular weight excluding hydrogens is 154 g/mol. The number of nitrogens with one attached hydrogen (secondary N) is 2. The average Bonchev–Trinajstić information content (AvgIpc) is 2.57. The van der Waals surface area contributed by atoms with E-state index in [9.17, 15) is 4.79 Å². The molecule has 0 fully saturated rings. The minimum absolute atomic E-state index is 0.00449. The zero-order valence-corrected chi connectivity index (χ0v) is 6.24. The zero-order chi connectivity index (χ0) is 8.39. The SMILES string of the molecule is O=c1cc[nH]cc1-c1cn[nH]c1. The Hall–Kier alpha value is -1.84. The van der Waals surface area contributed by atoms with Crippen molar-refractivity contribution in [1.82, 2.24) is 15.2 Å². The van der Waals surface area contributed by atoms with E-state index < -0.39 is 0 Å². The Morgan fingerprint density at radius 1 is 1.33 bits per heavy atom. The number of pyridine rings is 1. The van der Waals surface area contributed by atoms with Crippen molar-refractivity contribution in [3.05, 3.63) is 41.1 Å². The van der Waals surface area contributed by atoms with Crippen LogP contribution in [-0.4, -0.2) is 15.2 Å². The Kier molecular flexibility index (Phi) is 1.51. The lowest BCUT2D eigenvalue weighted by atomic mass is 10.2. The summed E-state index contributed by atoms with van der Waals surface area (Å²) < 4.78 is 0. The van der Waals surface area contributed by atoms with E-state index in [-0.39, 0.29) is 5.43 Å². The monoisotopic (exact) mass is 161 g/mol. The summed E-state index contributed by atoms with van der Waals surface area (Å²) in [4.78, 5) is 14.1. The van der Waals surface area contributed by atoms with Crippen LogP contribution >= 0.6 is 0 Å². The van der Waals surface area contributed by atoms with Crippen molar-refractivity contribution in [3.63, 3.8) is 0 Å². The molecule has 60 valence electrons. The second-order valence-corrected chi connectivity index (χ2v) is 2.41. The van der Waals surface area contributed by atoms with Gasteiger partial charge in [-0.15, -0.1) is 0 Å². The van der Waals surface area contributed by atoms with E-state index in [2.05, 4.69) is 15.2 Å². The van der Waals surface area contributed by atoms with E-state index in [0.29, 0.717) is 5.56 Å². The topological polar surface area (TPSA) is 61.5 Å². The van der Waals surface area contributed by atoms with Crippen LogP contribution in [0, 0.1) is 0 Å². The smallest absolute Gasteiger partial charge is 0.189 e. The Balaban J connectivity index is 2.63. The number of H-pyrrole nitrogens is 2. The van der Waals surface area contributed by atoms with E-state index in [1.165, 1.54) is 6.07 Å². The van der Waals surface area contributed by atoms with Gasteiger partial charge in [0.15, 0.2) is 5.43 Å². The van der Waals surface area contributed by atoms with Crippen molar-refractivity contribution in [2.75, 3.05) is 0 Å². The summed E-state index contributed by atoms with van der Waals surface area (Å²) in [6.07, 6.45) is 6.56. The van der Waals surface area contributed by atoms with Crippen LogP contribution in [0.4, 0.5) is 0 Å². The van der Waals surface area contributed by atoms with E-state index in [1.807, 2.05) is 0 Å². The molecule has 12 heavy (non-hydrogen) atoms. The number of aromatic amines is 2. The standard InChI is InChI=1S/C8H7N3O/c12-8-1-2-9-5-7(8)6-3-10-11-4-6/h1-5H,(H,9,12)(H,10,11). The van der Waals surface area contributed by atoms with Gasteiger partial charge in [0.25, 0.3) is 0 Å². The van der Waals surface area contributed by atoms with Gasteiger partial charge in [0.1, 0.15) is 0 Å². The first-order valence-electron chi connectivity index (χ1n) is 3.54. The van der Waals surface area contributed by atoms with Crippen molar-refractivity contribution in [3.8, 4) is 11.1 Å². The lowest BCUT2D eigenvalue weighted by molar-refractivity contribution is 1.09. The van der Waals surface area contributed by atoms with E-state index in [1.54, 1.807) is 24.8 Å². The molecule has 0 aromatic carbocycles. The fourth-order valence-corrected chi connectivity index (χ4v) is 1.04. The number of hydrogen-bond acceptors (Lipinski definition) is 2. The molecular formula is C8H7N3O. The van der Waals surface area contributed by atoms with Crippen molar-refractivity contribution in [2.24, 2.45) is 0 Å². The first-order chi connectivity index (χ1) is 5.88. The summed E-state index contributed by atoms with van der Waals surface area (Å²) in [5.41, 5.74) is 1.43. The maximum Gasteiger partial charge on any atom is 0.189 e. The predicted molar refractivity (Wildman–Crippen MR) is 44.6 cm³/mol. The number of nitrogens with zero attached hydrogens (tertiary/aromatic N) is 1. The molecule has 0 saturated heterocycles. The molecule has 0 atom stereocenters. The van der Waals surface area contributed by atoms with Crippen LogP contribution in [0.1, 0.15) is 0 Å². The molecule has 0 saturated carbocycles. The molecule has 4 heteroatoms. The van der Waals surface area contributed by atoms with Crippen LogP contribution in [0.3, 0.4) is 0 Å². The van der Waals surface area contributed by atoms with Gasteiger partial charge >= 0.3 is 0 Å². The van der Waals surface area contributed by atoms with Crippen molar-refractivity contribution in [1.29, 1.82) is 0 Å². The summed E-state index contributed by atoms with van der Waals surface area (Å²) in [5.74, 6) is 0. The average molecular weight is 161 g/mol. The Bertz CT molecular complexity index is 416. The van der Waals surface area contributed by atoms with Crippen LogP contribution in [0.2, 0.25) is 0 Å². The summed E-state index contributed by atoms with van der Waals surface area (Å²) in [7, 11) is 0. The summed E-state index contributed by atoms with van der Waals surface area (Å²) in [5, 5.41) is 6.41. The van der Waals surface area contributed by atoms with Crippen LogP contribution in [-0.2, 0) is 0 Å². The van der Waals surface area contributed by atoms with Gasteiger partial charge < -0.3 is 4.98 Å². The number of rotatable bonds is 1. The molecule has 2 rings (SSSR count). The second kappa shape index (κ2) is 2.65. The second-order valence-electron chi connectivity index (χ2n) is 2.41. The fourth-order valence-electron chi connectivity index (χ4n) is 1.04. The summed E-state index contributed by atoms with van der Waals surface area (Å²) in [6, 6.07) is 1.49. The summed E-state index contributed by atoms with van der Waals surface area (Å²) in [6.45, 7) is 0. The van der Waals surface area contributed by atoms with Gasteiger partial charge in [-0.2, -0.15) is 5.10 Å². The Morgan fingerprint density at radius 2 is 2.25 bits per heavy atom. The van der Waals surface area contributed by atoms with Gasteiger partial charge in [-0.1, -0.05) is 0 Å². The third kappa shape index (κ3) is 1.03. The first kappa shape index (κ1) is 6.84. The molecule has 4 nitrogen and oxygen atoms in total. The van der Waals surface area contributed by atoms with Gasteiger partial charge in [-0.25, -0.2) is 0 Å². The lowest BCUT2D eigenvalue weighted by Gasteiger charge is -1.92. The fraction of sp³-hybridized carbons (Fsp3) is 0. The third-order valence-electron chi connectivity index (χ3n) is 1.63. The zero-order valence-electron chi connectivity index (χ0n) is 6.24. The highest BCUT2D eigenvalue weighted by Gasteiger charge is 2.01. The van der Waals surface area contributed by atoms with Gasteiger partial charge in [0.05, 0.1) is 6.20 Å². The molecule has 0 aliphatic carbocycles. The van der Waals surface area contributed by atoms with Gasteiger partial charge in [0, 0.05) is 35.8 Å². The summed E-state index contributed by atoms with van der Waals surface area (Å²) >= 11 is 0. The minimum atomic E-state index is -0.00449. The van der Waals surface area contributed by atoms with Crippen molar-refractivity contribution in [2.45, 2.75) is 0 Å². The quantitative estimate of drug-likeness (QED) is 0.648. The van der Waals surface area contributed by atoms with Gasteiger partial charge in [-0.3, -0.25) is 9.89 Å². The van der Waals surface area contributed by atoms with Crippen LogP contribution < -0.4 is 5.43 Å². The lowest BCUT2D eigenvalue weighted by Crippen LogP contribution is -2.01. The van der Waals surface area contributed by atoms with Crippen molar-refractivity contribution >= 4 is 0 Å². The Morgan fingerprint density at radius 3 is 2.92 bits per heavy atom. The molecule has 2 heterocycles. The van der Waals surface area contributed by atoms with E-state index >= 15 is 0 Å². The molecule has 2 N–H and O–H groups in total. The predicted octanol–water partition coefficient (Wildman–Crippen LogP) is 0.765. The maximum absolute atomic E-state index is 11.3. The largest absolute Gasteiger partial charge is 0.367 e. The third-order valence-corrected chi connectivity index (χ3v) is 1.63. The molecule has 2 aromatic heterocycles. The molecule has 0 aliphatic rings. The normalized spacial score (nSPS) is 10.0. The van der Waals surface area contributed by atoms with E-state index in [4.69, 9.17) is 0 Å². The molecule has 0 unspecified atom stereocenters. The van der Waals surface area contributed by atoms with Crippen molar-refractivity contribution < 1.29 is 0 Å².